The zero-order valence-corrected chi connectivity index (χ0v) is 16.0. The van der Waals surface area contributed by atoms with E-state index in [-0.39, 0.29) is 11.7 Å². The quantitative estimate of drug-likeness (QED) is 0.305. The second-order valence-corrected chi connectivity index (χ2v) is 6.62. The largest absolute Gasteiger partial charge is 0.380 e. The fraction of sp³-hybridized carbons (Fsp3) is 0.625. The molecule has 2 amide bonds. The molecule has 1 aromatic heterocycles. The van der Waals surface area contributed by atoms with Gasteiger partial charge in [0, 0.05) is 19.2 Å². The molecule has 8 nitrogen and oxygen atoms in total. The number of ether oxygens (including phenoxy) is 1. The van der Waals surface area contributed by atoms with E-state index in [0.717, 1.165) is 0 Å². The maximum atomic E-state index is 12.5. The van der Waals surface area contributed by atoms with Crippen LogP contribution in [0.3, 0.4) is 0 Å². The second-order valence-electron chi connectivity index (χ2n) is 5.80. The van der Waals surface area contributed by atoms with Crippen LogP contribution in [0, 0.1) is 5.92 Å². The molecule has 140 valence electrons. The molecule has 1 unspecified atom stereocenters. The van der Waals surface area contributed by atoms with Crippen LogP contribution >= 0.6 is 11.8 Å². The average Bonchev–Trinajstić information content (AvgIpc) is 2.57. The van der Waals surface area contributed by atoms with Crippen molar-refractivity contribution >= 4 is 29.4 Å². The number of carbonyl (C=O) groups is 2. The first-order valence-electron chi connectivity index (χ1n) is 8.22. The number of nitrogens with zero attached hydrogens (tertiary/aromatic N) is 2. The Hall–Kier alpha value is -1.87. The van der Waals surface area contributed by atoms with Crippen molar-refractivity contribution in [2.75, 3.05) is 31.3 Å². The fourth-order valence-corrected chi connectivity index (χ4v) is 2.52. The Balaban J connectivity index is 2.88. The minimum atomic E-state index is -0.708. The van der Waals surface area contributed by atoms with Crippen molar-refractivity contribution in [2.24, 2.45) is 11.7 Å². The molecule has 0 saturated heterocycles. The van der Waals surface area contributed by atoms with E-state index in [2.05, 4.69) is 20.6 Å². The van der Waals surface area contributed by atoms with Gasteiger partial charge in [-0.1, -0.05) is 13.8 Å². The summed E-state index contributed by atoms with van der Waals surface area (Å²) in [6.07, 6.45) is 2.45. The monoisotopic (exact) mass is 369 g/mol. The van der Waals surface area contributed by atoms with Gasteiger partial charge in [0.15, 0.2) is 0 Å². The van der Waals surface area contributed by atoms with Crippen LogP contribution in [0.4, 0.5) is 5.82 Å². The standard InChI is InChI=1S/C16H27N5O3S/c1-5-24-7-6-18-16(23)11(8-10(2)3)19-12-9-13(25-4)21-15(20-12)14(17)22/h9-11H,5-8H2,1-4H3,(H2,17,22)(H,18,23)(H,19,20,21). The summed E-state index contributed by atoms with van der Waals surface area (Å²) in [6.45, 7) is 7.48. The molecular formula is C16H27N5O3S. The normalized spacial score (nSPS) is 12.0. The highest BCUT2D eigenvalue weighted by molar-refractivity contribution is 7.98. The number of hydrogen-bond acceptors (Lipinski definition) is 7. The van der Waals surface area contributed by atoms with E-state index in [1.165, 1.54) is 11.8 Å². The highest BCUT2D eigenvalue weighted by Gasteiger charge is 2.21. The molecule has 0 aliphatic heterocycles. The van der Waals surface area contributed by atoms with Gasteiger partial charge in [-0.15, -0.1) is 11.8 Å². The Morgan fingerprint density at radius 3 is 2.64 bits per heavy atom. The Morgan fingerprint density at radius 2 is 2.08 bits per heavy atom. The van der Waals surface area contributed by atoms with Crippen LogP contribution in [-0.2, 0) is 9.53 Å². The predicted octanol–water partition coefficient (Wildman–Crippen LogP) is 1.28. The van der Waals surface area contributed by atoms with Gasteiger partial charge in [-0.3, -0.25) is 9.59 Å². The molecule has 0 aliphatic rings. The van der Waals surface area contributed by atoms with E-state index < -0.39 is 11.9 Å². The van der Waals surface area contributed by atoms with Gasteiger partial charge in [-0.25, -0.2) is 9.97 Å². The van der Waals surface area contributed by atoms with Crippen molar-refractivity contribution in [1.82, 2.24) is 15.3 Å². The van der Waals surface area contributed by atoms with Gasteiger partial charge < -0.3 is 21.1 Å². The molecule has 0 aliphatic carbocycles. The average molecular weight is 369 g/mol. The number of thioether (sulfide) groups is 1. The van der Waals surface area contributed by atoms with Crippen LogP contribution in [-0.4, -0.2) is 53.8 Å². The number of carbonyl (C=O) groups excluding carboxylic acids is 2. The Labute approximate surface area is 152 Å². The topological polar surface area (TPSA) is 119 Å². The summed E-state index contributed by atoms with van der Waals surface area (Å²) in [5.74, 6) is -0.223. The minimum Gasteiger partial charge on any atom is -0.380 e. The lowest BCUT2D eigenvalue weighted by atomic mass is 10.0. The third kappa shape index (κ3) is 7.70. The highest BCUT2D eigenvalue weighted by atomic mass is 32.2. The number of hydrogen-bond donors (Lipinski definition) is 3. The molecule has 1 heterocycles. The zero-order chi connectivity index (χ0) is 18.8. The van der Waals surface area contributed by atoms with E-state index in [9.17, 15) is 9.59 Å². The Kier molecular flexibility index (Phi) is 9.22. The van der Waals surface area contributed by atoms with Crippen molar-refractivity contribution < 1.29 is 14.3 Å². The maximum Gasteiger partial charge on any atom is 0.286 e. The first kappa shape index (κ1) is 21.2. The second kappa shape index (κ2) is 10.9. The fourth-order valence-electron chi connectivity index (χ4n) is 2.11. The third-order valence-corrected chi connectivity index (χ3v) is 3.86. The molecule has 9 heteroatoms. The summed E-state index contributed by atoms with van der Waals surface area (Å²) in [5.41, 5.74) is 5.28. The molecule has 4 N–H and O–H groups in total. The van der Waals surface area contributed by atoms with Crippen LogP contribution in [0.15, 0.2) is 11.1 Å². The number of amides is 2. The van der Waals surface area contributed by atoms with Crippen LogP contribution in [0.25, 0.3) is 0 Å². The van der Waals surface area contributed by atoms with Crippen molar-refractivity contribution in [2.45, 2.75) is 38.3 Å². The number of nitrogens with two attached hydrogens (primary N) is 1. The maximum absolute atomic E-state index is 12.5. The number of anilines is 1. The lowest BCUT2D eigenvalue weighted by Crippen LogP contribution is -2.42. The van der Waals surface area contributed by atoms with Gasteiger partial charge in [-0.2, -0.15) is 0 Å². The molecule has 0 aromatic carbocycles. The number of aromatic nitrogens is 2. The minimum absolute atomic E-state index is 0.0746. The summed E-state index contributed by atoms with van der Waals surface area (Å²) in [6, 6.07) is 1.21. The van der Waals surface area contributed by atoms with Crippen LogP contribution in [0.2, 0.25) is 0 Å². The molecule has 0 spiro atoms. The Morgan fingerprint density at radius 1 is 1.36 bits per heavy atom. The first-order chi connectivity index (χ1) is 11.9. The van der Waals surface area contributed by atoms with Gasteiger partial charge >= 0.3 is 0 Å². The summed E-state index contributed by atoms with van der Waals surface area (Å²) < 4.78 is 5.23. The highest BCUT2D eigenvalue weighted by Crippen LogP contribution is 2.18. The molecule has 0 saturated carbocycles. The van der Waals surface area contributed by atoms with E-state index in [0.29, 0.717) is 42.9 Å². The third-order valence-electron chi connectivity index (χ3n) is 3.23. The summed E-state index contributed by atoms with van der Waals surface area (Å²) in [7, 11) is 0. The van der Waals surface area contributed by atoms with Crippen LogP contribution in [0.1, 0.15) is 37.8 Å². The summed E-state index contributed by atoms with van der Waals surface area (Å²) in [5, 5.41) is 6.54. The summed E-state index contributed by atoms with van der Waals surface area (Å²) in [4.78, 5) is 32.0. The van der Waals surface area contributed by atoms with Crippen LogP contribution < -0.4 is 16.4 Å². The Bertz CT molecular complexity index is 583. The molecule has 25 heavy (non-hydrogen) atoms. The van der Waals surface area contributed by atoms with Crippen LogP contribution in [0.5, 0.6) is 0 Å². The van der Waals surface area contributed by atoms with E-state index in [1.54, 1.807) is 6.07 Å². The van der Waals surface area contributed by atoms with Crippen molar-refractivity contribution in [3.05, 3.63) is 11.9 Å². The molecule has 0 radical (unpaired) electrons. The molecular weight excluding hydrogens is 342 g/mol. The van der Waals surface area contributed by atoms with E-state index in [4.69, 9.17) is 10.5 Å². The molecule has 0 bridgehead atoms. The zero-order valence-electron chi connectivity index (χ0n) is 15.2. The predicted molar refractivity (Wildman–Crippen MR) is 98.7 cm³/mol. The smallest absolute Gasteiger partial charge is 0.286 e. The number of nitrogens with one attached hydrogen (secondary N) is 2. The molecule has 1 aromatic rings. The van der Waals surface area contributed by atoms with E-state index in [1.807, 2.05) is 27.0 Å². The number of primary amides is 1. The van der Waals surface area contributed by atoms with E-state index >= 15 is 0 Å². The van der Waals surface area contributed by atoms with Crippen molar-refractivity contribution in [1.29, 1.82) is 0 Å². The molecule has 0 fully saturated rings. The van der Waals surface area contributed by atoms with Gasteiger partial charge in [0.1, 0.15) is 16.9 Å². The van der Waals surface area contributed by atoms with Crippen molar-refractivity contribution in [3.63, 3.8) is 0 Å². The van der Waals surface area contributed by atoms with Gasteiger partial charge in [0.25, 0.3) is 5.91 Å². The lowest BCUT2D eigenvalue weighted by Gasteiger charge is -2.21. The lowest BCUT2D eigenvalue weighted by molar-refractivity contribution is -0.122. The SMILES string of the molecule is CCOCCNC(=O)C(CC(C)C)Nc1cc(SC)nc(C(N)=O)n1. The first-order valence-corrected chi connectivity index (χ1v) is 9.44. The van der Waals surface area contributed by atoms with Gasteiger partial charge in [0.2, 0.25) is 11.7 Å². The van der Waals surface area contributed by atoms with Gasteiger partial charge in [-0.05, 0) is 25.5 Å². The molecule has 1 rings (SSSR count). The summed E-state index contributed by atoms with van der Waals surface area (Å²) >= 11 is 1.37. The molecule has 1 atom stereocenters. The van der Waals surface area contributed by atoms with Crippen molar-refractivity contribution in [3.8, 4) is 0 Å². The number of rotatable bonds is 11. The van der Waals surface area contributed by atoms with Gasteiger partial charge in [0.05, 0.1) is 6.61 Å².